The number of carbonyl (C=O) groups excluding carboxylic acids is 2. The minimum absolute atomic E-state index is 0.0196. The van der Waals surface area contributed by atoms with Gasteiger partial charge in [0.05, 0.1) is 34.4 Å². The minimum atomic E-state index is -1.44. The Morgan fingerprint density at radius 2 is 1.88 bits per heavy atom. The number of pyridine rings is 1. The number of carbonyl (C=O) groups is 3. The normalized spacial score (nSPS) is 21.8. The topological polar surface area (TPSA) is 133 Å². The number of piperazine rings is 1. The van der Waals surface area contributed by atoms with Gasteiger partial charge in [0, 0.05) is 32.4 Å². The highest BCUT2D eigenvalue weighted by molar-refractivity contribution is 8.04. The van der Waals surface area contributed by atoms with Crippen molar-refractivity contribution >= 4 is 46.2 Å². The molecule has 2 saturated heterocycles. The number of alkyl halides is 1. The second-order valence-corrected chi connectivity index (χ2v) is 11.3. The van der Waals surface area contributed by atoms with Gasteiger partial charge >= 0.3 is 11.9 Å². The van der Waals surface area contributed by atoms with E-state index in [1.807, 2.05) is 11.9 Å². The van der Waals surface area contributed by atoms with E-state index in [1.165, 1.54) is 11.8 Å². The maximum Gasteiger partial charge on any atom is 0.353 e. The first-order chi connectivity index (χ1) is 19.5. The van der Waals surface area contributed by atoms with Crippen LogP contribution in [-0.4, -0.2) is 100 Å². The summed E-state index contributed by atoms with van der Waals surface area (Å²) in [7, 11) is 1.88. The minimum Gasteiger partial charge on any atom is -0.477 e. The lowest BCUT2D eigenvalue weighted by Gasteiger charge is -2.43. The third kappa shape index (κ3) is 4.85. The Bertz CT molecular complexity index is 1540. The standard InChI is InChI=1S/C26H27F3N4O7S/c1-12(34)17-23(36)33-21(25(37)38)16(41-24(17)33)11-40-26(39)14-10-32(4-3-27)19-13(22(14)35)9-15(28)20(18(19)29)31-7-5-30(2)6-8-31/h9-10,12,17,24,34H,3-8,11H2,1-2H3,(H,37,38)/t12-,17+,24-/m0/s1. The highest BCUT2D eigenvalue weighted by Crippen LogP contribution is 2.50. The van der Waals surface area contributed by atoms with E-state index >= 15 is 8.78 Å². The first kappa shape index (κ1) is 29.0. The van der Waals surface area contributed by atoms with Gasteiger partial charge in [-0.3, -0.25) is 14.5 Å². The van der Waals surface area contributed by atoms with E-state index in [0.717, 1.165) is 33.5 Å². The van der Waals surface area contributed by atoms with Crippen LogP contribution in [0.15, 0.2) is 27.7 Å². The summed E-state index contributed by atoms with van der Waals surface area (Å²) in [4.78, 5) is 55.0. The first-order valence-corrected chi connectivity index (χ1v) is 13.7. The van der Waals surface area contributed by atoms with Crippen LogP contribution in [0.4, 0.5) is 18.9 Å². The molecule has 11 nitrogen and oxygen atoms in total. The molecule has 220 valence electrons. The highest BCUT2D eigenvalue weighted by atomic mass is 32.2. The number of aliphatic carboxylic acids is 1. The number of benzene rings is 1. The molecule has 0 aliphatic carbocycles. The third-order valence-electron chi connectivity index (χ3n) is 7.50. The number of esters is 1. The number of amides is 1. The summed E-state index contributed by atoms with van der Waals surface area (Å²) in [5.74, 6) is -6.14. The molecule has 0 radical (unpaired) electrons. The molecule has 0 bridgehead atoms. The van der Waals surface area contributed by atoms with E-state index in [2.05, 4.69) is 0 Å². The summed E-state index contributed by atoms with van der Waals surface area (Å²) in [6, 6.07) is 0.824. The number of aryl methyl sites for hydroxylation is 1. The van der Waals surface area contributed by atoms with Crippen molar-refractivity contribution in [3.63, 3.8) is 0 Å². The number of carboxylic acid groups (broad SMARTS) is 1. The number of aliphatic hydroxyl groups excluding tert-OH is 1. The summed E-state index contributed by atoms with van der Waals surface area (Å²) < 4.78 is 50.7. The fourth-order valence-electron chi connectivity index (χ4n) is 5.37. The van der Waals surface area contributed by atoms with Crippen molar-refractivity contribution in [2.75, 3.05) is 51.4 Å². The Hall–Kier alpha value is -3.56. The number of anilines is 1. The molecule has 1 aromatic heterocycles. The fraction of sp³-hybridized carbons (Fsp3) is 0.462. The van der Waals surface area contributed by atoms with Gasteiger partial charge in [0.25, 0.3) is 0 Å². The Morgan fingerprint density at radius 3 is 2.49 bits per heavy atom. The number of aromatic nitrogens is 1. The van der Waals surface area contributed by atoms with E-state index in [1.54, 1.807) is 0 Å². The van der Waals surface area contributed by atoms with E-state index in [0.29, 0.717) is 26.2 Å². The molecular formula is C26H27F3N4O7S. The SMILES string of the molecule is C[C@H](O)[C@@H]1C(=O)N2C(C(=O)O)=C(COC(=O)c3cn(CCF)c4c(F)c(N5CCN(C)CC5)c(F)cc4c3=O)S[C@@H]12. The zero-order chi connectivity index (χ0) is 29.7. The average molecular weight is 597 g/mol. The van der Waals surface area contributed by atoms with Gasteiger partial charge in [-0.2, -0.15) is 0 Å². The number of rotatable bonds is 8. The predicted octanol–water partition coefficient (Wildman–Crippen LogP) is 1.37. The molecule has 15 heteroatoms. The lowest BCUT2D eigenvalue weighted by molar-refractivity contribution is -0.156. The van der Waals surface area contributed by atoms with Gasteiger partial charge < -0.3 is 29.3 Å². The van der Waals surface area contributed by atoms with Crippen molar-refractivity contribution in [1.82, 2.24) is 14.4 Å². The lowest BCUT2D eigenvalue weighted by atomic mass is 9.92. The second kappa shape index (κ2) is 11.0. The molecule has 3 aliphatic rings. The number of ether oxygens (including phenoxy) is 1. The predicted molar refractivity (Wildman–Crippen MR) is 142 cm³/mol. The van der Waals surface area contributed by atoms with Crippen LogP contribution >= 0.6 is 11.8 Å². The molecule has 2 aromatic rings. The van der Waals surface area contributed by atoms with Crippen LogP contribution in [0, 0.1) is 17.6 Å². The number of hydrogen-bond donors (Lipinski definition) is 2. The van der Waals surface area contributed by atoms with Crippen LogP contribution in [0.2, 0.25) is 0 Å². The quantitative estimate of drug-likeness (QED) is 0.340. The number of thioether (sulfide) groups is 1. The van der Waals surface area contributed by atoms with Gasteiger partial charge in [-0.05, 0) is 20.0 Å². The maximum atomic E-state index is 15.8. The monoisotopic (exact) mass is 596 g/mol. The molecule has 1 aromatic carbocycles. The van der Waals surface area contributed by atoms with Crippen molar-refractivity contribution in [3.05, 3.63) is 50.3 Å². The Morgan fingerprint density at radius 1 is 1.20 bits per heavy atom. The van der Waals surface area contributed by atoms with Gasteiger partial charge in [-0.15, -0.1) is 0 Å². The maximum absolute atomic E-state index is 15.8. The van der Waals surface area contributed by atoms with Crippen LogP contribution in [0.1, 0.15) is 17.3 Å². The van der Waals surface area contributed by atoms with Crippen molar-refractivity contribution in [2.45, 2.75) is 24.9 Å². The fourth-order valence-corrected chi connectivity index (χ4v) is 6.89. The molecule has 5 rings (SSSR count). The molecule has 0 spiro atoms. The molecule has 2 N–H and O–H groups in total. The number of fused-ring (bicyclic) bond motifs is 2. The summed E-state index contributed by atoms with van der Waals surface area (Å²) >= 11 is 0.938. The van der Waals surface area contributed by atoms with Crippen LogP contribution in [0.3, 0.4) is 0 Å². The van der Waals surface area contributed by atoms with Crippen molar-refractivity contribution in [2.24, 2.45) is 5.92 Å². The van der Waals surface area contributed by atoms with E-state index < -0.39 is 88.8 Å². The molecular weight excluding hydrogens is 569 g/mol. The molecule has 1 amide bonds. The first-order valence-electron chi connectivity index (χ1n) is 12.8. The molecule has 2 fully saturated rings. The number of hydrogen-bond acceptors (Lipinski definition) is 9. The molecule has 3 atom stereocenters. The summed E-state index contributed by atoms with van der Waals surface area (Å²) in [5.41, 5.74) is -2.76. The summed E-state index contributed by atoms with van der Waals surface area (Å²) in [5, 5.41) is 18.3. The Kier molecular flexibility index (Phi) is 7.78. The zero-order valence-corrected chi connectivity index (χ0v) is 22.9. The Balaban J connectivity index is 1.47. The largest absolute Gasteiger partial charge is 0.477 e. The van der Waals surface area contributed by atoms with Crippen molar-refractivity contribution < 1.29 is 42.5 Å². The summed E-state index contributed by atoms with van der Waals surface area (Å²) in [6.07, 6.45) is -0.0900. The number of likely N-dealkylation sites (N-methyl/N-ethyl adjacent to an activating group) is 1. The van der Waals surface area contributed by atoms with Gasteiger partial charge in [-0.1, -0.05) is 11.8 Å². The lowest BCUT2D eigenvalue weighted by Crippen LogP contribution is -2.60. The van der Waals surface area contributed by atoms with Crippen LogP contribution in [-0.2, 0) is 20.9 Å². The molecule has 0 unspecified atom stereocenters. The van der Waals surface area contributed by atoms with Gasteiger partial charge in [0.2, 0.25) is 11.3 Å². The molecule has 4 heterocycles. The molecule has 0 saturated carbocycles. The highest BCUT2D eigenvalue weighted by Gasteiger charge is 2.57. The molecule has 3 aliphatic heterocycles. The third-order valence-corrected chi connectivity index (χ3v) is 8.84. The number of aliphatic hydroxyl groups is 1. The van der Waals surface area contributed by atoms with Crippen LogP contribution in [0.5, 0.6) is 0 Å². The van der Waals surface area contributed by atoms with Gasteiger partial charge in [0.1, 0.15) is 41.4 Å². The Labute approximate surface area is 235 Å². The van der Waals surface area contributed by atoms with E-state index in [-0.39, 0.29) is 16.1 Å². The van der Waals surface area contributed by atoms with Crippen molar-refractivity contribution in [1.29, 1.82) is 0 Å². The number of β-lactam (4-membered cyclic amide) rings is 1. The van der Waals surface area contributed by atoms with Crippen molar-refractivity contribution in [3.8, 4) is 0 Å². The van der Waals surface area contributed by atoms with Gasteiger partial charge in [-0.25, -0.2) is 22.8 Å². The second-order valence-electron chi connectivity index (χ2n) is 10.1. The van der Waals surface area contributed by atoms with Crippen LogP contribution in [0.25, 0.3) is 10.9 Å². The average Bonchev–Trinajstić information content (AvgIpc) is 3.24. The number of nitrogens with zero attached hydrogens (tertiary/aromatic N) is 4. The van der Waals surface area contributed by atoms with Crippen LogP contribution < -0.4 is 10.3 Å². The zero-order valence-electron chi connectivity index (χ0n) is 22.1. The number of carboxylic acids is 1. The smallest absolute Gasteiger partial charge is 0.353 e. The van der Waals surface area contributed by atoms with E-state index in [9.17, 15) is 33.8 Å². The van der Waals surface area contributed by atoms with Gasteiger partial charge in [0.15, 0.2) is 5.82 Å². The number of halogens is 3. The van der Waals surface area contributed by atoms with E-state index in [4.69, 9.17) is 4.74 Å². The molecule has 41 heavy (non-hydrogen) atoms. The summed E-state index contributed by atoms with van der Waals surface area (Å²) in [6.45, 7) is 1.15.